The number of rotatable bonds is 3. The predicted octanol–water partition coefficient (Wildman–Crippen LogP) is 3.79. The third kappa shape index (κ3) is 2.41. The lowest BCUT2D eigenvalue weighted by Crippen LogP contribution is -2.02. The molecule has 0 fully saturated rings. The lowest BCUT2D eigenvalue weighted by molar-refractivity contribution is 0.0607. The average molecular weight is 293 g/mol. The second-order valence-corrected chi connectivity index (χ2v) is 5.48. The standard InChI is InChI=1S/C15H16FNO2S/c1-4-10-12(17)14(15(18)19-3)20-13(10)11-6-5-9(16)7-8(11)2/h5-7H,4,17H2,1-3H3. The van der Waals surface area contributed by atoms with Gasteiger partial charge < -0.3 is 10.5 Å². The van der Waals surface area contributed by atoms with Gasteiger partial charge in [-0.2, -0.15) is 0 Å². The lowest BCUT2D eigenvalue weighted by Gasteiger charge is -2.06. The van der Waals surface area contributed by atoms with Crippen molar-refractivity contribution in [2.75, 3.05) is 12.8 Å². The number of aryl methyl sites for hydroxylation is 1. The van der Waals surface area contributed by atoms with E-state index in [0.717, 1.165) is 21.6 Å². The summed E-state index contributed by atoms with van der Waals surface area (Å²) in [4.78, 5) is 13.0. The van der Waals surface area contributed by atoms with Crippen molar-refractivity contribution in [3.8, 4) is 10.4 Å². The van der Waals surface area contributed by atoms with Crippen LogP contribution in [-0.4, -0.2) is 13.1 Å². The molecule has 2 rings (SSSR count). The minimum absolute atomic E-state index is 0.276. The number of nitrogens with two attached hydrogens (primary N) is 1. The van der Waals surface area contributed by atoms with Crippen molar-refractivity contribution in [2.45, 2.75) is 20.3 Å². The Morgan fingerprint density at radius 1 is 1.45 bits per heavy atom. The molecule has 0 saturated carbocycles. The number of benzene rings is 1. The van der Waals surface area contributed by atoms with Crippen molar-refractivity contribution in [1.82, 2.24) is 0 Å². The molecule has 1 heterocycles. The Bertz CT molecular complexity index is 664. The van der Waals surface area contributed by atoms with Gasteiger partial charge in [0.15, 0.2) is 0 Å². The molecule has 0 spiro atoms. The van der Waals surface area contributed by atoms with Crippen LogP contribution >= 0.6 is 11.3 Å². The summed E-state index contributed by atoms with van der Waals surface area (Å²) in [6.07, 6.45) is 0.700. The summed E-state index contributed by atoms with van der Waals surface area (Å²) < 4.78 is 18.0. The molecule has 0 aliphatic rings. The highest BCUT2D eigenvalue weighted by molar-refractivity contribution is 7.18. The topological polar surface area (TPSA) is 52.3 Å². The molecule has 1 aromatic heterocycles. The van der Waals surface area contributed by atoms with Gasteiger partial charge >= 0.3 is 5.97 Å². The summed E-state index contributed by atoms with van der Waals surface area (Å²) in [6.45, 7) is 3.81. The first-order valence-corrected chi connectivity index (χ1v) is 7.07. The molecule has 20 heavy (non-hydrogen) atoms. The maximum Gasteiger partial charge on any atom is 0.350 e. The van der Waals surface area contributed by atoms with Gasteiger partial charge in [0.1, 0.15) is 10.7 Å². The fraction of sp³-hybridized carbons (Fsp3) is 0.267. The van der Waals surface area contributed by atoms with Crippen molar-refractivity contribution in [3.63, 3.8) is 0 Å². The molecule has 2 N–H and O–H groups in total. The Morgan fingerprint density at radius 3 is 2.70 bits per heavy atom. The maximum absolute atomic E-state index is 13.2. The summed E-state index contributed by atoms with van der Waals surface area (Å²) in [7, 11) is 1.33. The van der Waals surface area contributed by atoms with Crippen LogP contribution in [-0.2, 0) is 11.2 Å². The van der Waals surface area contributed by atoms with Crippen molar-refractivity contribution in [3.05, 3.63) is 40.0 Å². The molecule has 0 amide bonds. The minimum Gasteiger partial charge on any atom is -0.465 e. The van der Waals surface area contributed by atoms with Gasteiger partial charge in [0.05, 0.1) is 12.8 Å². The molecule has 0 radical (unpaired) electrons. The fourth-order valence-electron chi connectivity index (χ4n) is 2.17. The molecule has 0 atom stereocenters. The molecule has 0 saturated heterocycles. The number of thiophene rings is 1. The largest absolute Gasteiger partial charge is 0.465 e. The highest BCUT2D eigenvalue weighted by atomic mass is 32.1. The predicted molar refractivity (Wildman–Crippen MR) is 79.6 cm³/mol. The van der Waals surface area contributed by atoms with E-state index in [0.29, 0.717) is 17.0 Å². The van der Waals surface area contributed by atoms with Gasteiger partial charge in [-0.3, -0.25) is 0 Å². The Balaban J connectivity index is 2.64. The molecule has 3 nitrogen and oxygen atoms in total. The van der Waals surface area contributed by atoms with Gasteiger partial charge in [0, 0.05) is 4.88 Å². The molecular weight excluding hydrogens is 277 g/mol. The molecular formula is C15H16FNO2S. The van der Waals surface area contributed by atoms with Crippen molar-refractivity contribution < 1.29 is 13.9 Å². The third-order valence-electron chi connectivity index (χ3n) is 3.21. The maximum atomic E-state index is 13.2. The highest BCUT2D eigenvalue weighted by Crippen LogP contribution is 2.40. The number of esters is 1. The molecule has 0 unspecified atom stereocenters. The zero-order valence-electron chi connectivity index (χ0n) is 11.6. The first-order chi connectivity index (χ1) is 9.49. The van der Waals surface area contributed by atoms with E-state index in [9.17, 15) is 9.18 Å². The van der Waals surface area contributed by atoms with Crippen LogP contribution in [0.25, 0.3) is 10.4 Å². The van der Waals surface area contributed by atoms with E-state index in [1.165, 1.54) is 30.6 Å². The number of carbonyl (C=O) groups is 1. The summed E-state index contributed by atoms with van der Waals surface area (Å²) in [5, 5.41) is 0. The van der Waals surface area contributed by atoms with E-state index in [2.05, 4.69) is 0 Å². The normalized spacial score (nSPS) is 10.6. The summed E-state index contributed by atoms with van der Waals surface area (Å²) in [6, 6.07) is 4.61. The van der Waals surface area contributed by atoms with Gasteiger partial charge in [0.25, 0.3) is 0 Å². The van der Waals surface area contributed by atoms with E-state index < -0.39 is 5.97 Å². The molecule has 5 heteroatoms. The zero-order valence-corrected chi connectivity index (χ0v) is 12.4. The van der Waals surface area contributed by atoms with Gasteiger partial charge in [0.2, 0.25) is 0 Å². The Kier molecular flexibility index (Phi) is 4.09. The molecule has 0 aliphatic heterocycles. The number of anilines is 1. The Hall–Kier alpha value is -1.88. The number of hydrogen-bond donors (Lipinski definition) is 1. The SMILES string of the molecule is CCc1c(-c2ccc(F)cc2C)sc(C(=O)OC)c1N. The van der Waals surface area contributed by atoms with Crippen molar-refractivity contribution >= 4 is 23.0 Å². The average Bonchev–Trinajstić information content (AvgIpc) is 2.74. The van der Waals surface area contributed by atoms with Gasteiger partial charge in [-0.05, 0) is 42.2 Å². The van der Waals surface area contributed by atoms with Gasteiger partial charge in [-0.25, -0.2) is 9.18 Å². The summed E-state index contributed by atoms with van der Waals surface area (Å²) >= 11 is 1.29. The Morgan fingerprint density at radius 2 is 2.15 bits per heavy atom. The number of nitrogen functional groups attached to an aromatic ring is 1. The van der Waals surface area contributed by atoms with Gasteiger partial charge in [-0.1, -0.05) is 13.0 Å². The monoisotopic (exact) mass is 293 g/mol. The van der Waals surface area contributed by atoms with Crippen LogP contribution in [0, 0.1) is 12.7 Å². The third-order valence-corrected chi connectivity index (χ3v) is 4.47. The van der Waals surface area contributed by atoms with Crippen molar-refractivity contribution in [1.29, 1.82) is 0 Å². The minimum atomic E-state index is -0.437. The second-order valence-electron chi connectivity index (χ2n) is 4.46. The van der Waals surface area contributed by atoms with Crippen LogP contribution in [0.3, 0.4) is 0 Å². The van der Waals surface area contributed by atoms with E-state index in [1.807, 2.05) is 13.8 Å². The first-order valence-electron chi connectivity index (χ1n) is 6.25. The smallest absolute Gasteiger partial charge is 0.350 e. The number of ether oxygens (including phenoxy) is 1. The fourth-order valence-corrected chi connectivity index (χ4v) is 3.49. The first kappa shape index (κ1) is 14.5. The summed E-state index contributed by atoms with van der Waals surface area (Å²) in [5.41, 5.74) is 9.13. The molecule has 1 aromatic carbocycles. The molecule has 106 valence electrons. The second kappa shape index (κ2) is 5.63. The number of carbonyl (C=O) groups excluding carboxylic acids is 1. The quantitative estimate of drug-likeness (QED) is 0.876. The van der Waals surface area contributed by atoms with E-state index in [-0.39, 0.29) is 5.82 Å². The lowest BCUT2D eigenvalue weighted by atomic mass is 10.0. The van der Waals surface area contributed by atoms with Crippen molar-refractivity contribution in [2.24, 2.45) is 0 Å². The molecule has 2 aromatic rings. The zero-order chi connectivity index (χ0) is 14.9. The van der Waals surface area contributed by atoms with E-state index in [1.54, 1.807) is 6.07 Å². The molecule has 0 aliphatic carbocycles. The highest BCUT2D eigenvalue weighted by Gasteiger charge is 2.22. The van der Waals surface area contributed by atoms with E-state index in [4.69, 9.17) is 10.5 Å². The van der Waals surface area contributed by atoms with Crippen LogP contribution in [0.5, 0.6) is 0 Å². The van der Waals surface area contributed by atoms with Crippen LogP contribution in [0.4, 0.5) is 10.1 Å². The number of halogens is 1. The van der Waals surface area contributed by atoms with Crippen LogP contribution < -0.4 is 5.73 Å². The Labute approximate surface area is 121 Å². The van der Waals surface area contributed by atoms with E-state index >= 15 is 0 Å². The molecule has 0 bridgehead atoms. The van der Waals surface area contributed by atoms with Crippen LogP contribution in [0.2, 0.25) is 0 Å². The summed E-state index contributed by atoms with van der Waals surface area (Å²) in [5.74, 6) is -0.713. The van der Waals surface area contributed by atoms with Crippen LogP contribution in [0.1, 0.15) is 27.7 Å². The van der Waals surface area contributed by atoms with Gasteiger partial charge in [-0.15, -0.1) is 11.3 Å². The van der Waals surface area contributed by atoms with Crippen LogP contribution in [0.15, 0.2) is 18.2 Å². The number of methoxy groups -OCH3 is 1. The number of hydrogen-bond acceptors (Lipinski definition) is 4.